The Morgan fingerprint density at radius 1 is 1.06 bits per heavy atom. The number of ether oxygens (including phenoxy) is 2. The van der Waals surface area contributed by atoms with Crippen LogP contribution >= 0.6 is 0 Å². The number of aromatic nitrogens is 1. The van der Waals surface area contributed by atoms with Crippen LogP contribution in [0.2, 0.25) is 0 Å². The maximum Gasteiger partial charge on any atom is 0.253 e. The molecule has 5 rings (SSSR count). The lowest BCUT2D eigenvalue weighted by atomic mass is 9.82. The van der Waals surface area contributed by atoms with Gasteiger partial charge in [-0.25, -0.2) is 0 Å². The first-order valence-electron chi connectivity index (χ1n) is 10.4. The van der Waals surface area contributed by atoms with Crippen LogP contribution in [-0.2, 0) is 5.54 Å². The van der Waals surface area contributed by atoms with E-state index in [-0.39, 0.29) is 11.4 Å². The number of anilines is 2. The van der Waals surface area contributed by atoms with Crippen molar-refractivity contribution in [2.45, 2.75) is 18.4 Å². The summed E-state index contributed by atoms with van der Waals surface area (Å²) < 4.78 is 12.9. The predicted octanol–water partition coefficient (Wildman–Crippen LogP) is 3.63. The Kier molecular flexibility index (Phi) is 4.54. The zero-order chi connectivity index (χ0) is 21.6. The van der Waals surface area contributed by atoms with E-state index < -0.39 is 0 Å². The number of amides is 1. The van der Waals surface area contributed by atoms with Gasteiger partial charge in [-0.05, 0) is 55.3 Å². The molecule has 0 radical (unpaired) electrons. The maximum absolute atomic E-state index is 13.1. The van der Waals surface area contributed by atoms with E-state index in [4.69, 9.17) is 15.2 Å². The van der Waals surface area contributed by atoms with E-state index in [1.165, 1.54) is 5.69 Å². The number of fused-ring (bicyclic) bond motifs is 4. The van der Waals surface area contributed by atoms with Gasteiger partial charge in [0.2, 0.25) is 0 Å². The van der Waals surface area contributed by atoms with E-state index in [2.05, 4.69) is 34.3 Å². The summed E-state index contributed by atoms with van der Waals surface area (Å²) in [6, 6.07) is 15.5. The second kappa shape index (κ2) is 7.27. The highest BCUT2D eigenvalue weighted by atomic mass is 16.5. The Balaban J connectivity index is 1.40. The lowest BCUT2D eigenvalue weighted by Gasteiger charge is -2.46. The standard InChI is InChI=1S/C24H26N4O3/c1-30-17-6-8-20-19(15-17)26-24(22-4-3-11-28(20)22)9-12-27(13-10-24)23(29)16-5-7-18(25)21(14-16)31-2/h3-8,11,14-15,26H,9-10,12-13,25H2,1-2H3. The molecule has 1 aromatic heterocycles. The molecule has 2 aliphatic heterocycles. The summed E-state index contributed by atoms with van der Waals surface area (Å²) in [5.41, 5.74) is 10.2. The van der Waals surface area contributed by atoms with Crippen molar-refractivity contribution in [3.63, 3.8) is 0 Å². The normalized spacial score (nSPS) is 16.3. The van der Waals surface area contributed by atoms with Crippen molar-refractivity contribution in [3.8, 4) is 17.2 Å². The molecule has 1 spiro atoms. The van der Waals surface area contributed by atoms with Crippen molar-refractivity contribution in [3.05, 3.63) is 66.0 Å². The molecule has 160 valence electrons. The van der Waals surface area contributed by atoms with Gasteiger partial charge in [-0.15, -0.1) is 0 Å². The predicted molar refractivity (Wildman–Crippen MR) is 120 cm³/mol. The van der Waals surface area contributed by atoms with Gasteiger partial charge in [-0.2, -0.15) is 0 Å². The summed E-state index contributed by atoms with van der Waals surface area (Å²) in [6.45, 7) is 1.31. The van der Waals surface area contributed by atoms with Gasteiger partial charge in [-0.3, -0.25) is 4.79 Å². The van der Waals surface area contributed by atoms with Crippen LogP contribution in [0.4, 0.5) is 11.4 Å². The summed E-state index contributed by atoms with van der Waals surface area (Å²) in [7, 11) is 3.24. The molecule has 0 unspecified atom stereocenters. The van der Waals surface area contributed by atoms with Crippen LogP contribution in [0.5, 0.6) is 11.5 Å². The van der Waals surface area contributed by atoms with E-state index >= 15 is 0 Å². The third kappa shape index (κ3) is 3.08. The number of hydrogen-bond donors (Lipinski definition) is 2. The highest BCUT2D eigenvalue weighted by Gasteiger charge is 2.42. The van der Waals surface area contributed by atoms with Gasteiger partial charge in [-0.1, -0.05) is 0 Å². The van der Waals surface area contributed by atoms with Crippen LogP contribution in [0, 0.1) is 0 Å². The number of methoxy groups -OCH3 is 2. The number of carbonyl (C=O) groups excluding carboxylic acids is 1. The monoisotopic (exact) mass is 418 g/mol. The van der Waals surface area contributed by atoms with Crippen molar-refractivity contribution < 1.29 is 14.3 Å². The maximum atomic E-state index is 13.1. The third-order valence-corrected chi connectivity index (χ3v) is 6.46. The topological polar surface area (TPSA) is 81.8 Å². The fourth-order valence-electron chi connectivity index (χ4n) is 4.75. The highest BCUT2D eigenvalue weighted by molar-refractivity contribution is 5.95. The second-order valence-electron chi connectivity index (χ2n) is 8.10. The average molecular weight is 418 g/mol. The zero-order valence-corrected chi connectivity index (χ0v) is 17.7. The molecular formula is C24H26N4O3. The van der Waals surface area contributed by atoms with Crippen molar-refractivity contribution in [2.75, 3.05) is 38.4 Å². The van der Waals surface area contributed by atoms with Crippen LogP contribution in [0.25, 0.3) is 5.69 Å². The average Bonchev–Trinajstić information content (AvgIpc) is 3.30. The molecule has 2 aliphatic rings. The fraction of sp³-hybridized carbons (Fsp3) is 0.292. The molecule has 1 amide bonds. The molecule has 31 heavy (non-hydrogen) atoms. The Morgan fingerprint density at radius 3 is 2.61 bits per heavy atom. The Labute approximate surface area is 181 Å². The highest BCUT2D eigenvalue weighted by Crippen LogP contribution is 2.44. The second-order valence-corrected chi connectivity index (χ2v) is 8.10. The molecule has 0 atom stereocenters. The summed E-state index contributed by atoms with van der Waals surface area (Å²) in [5, 5.41) is 3.78. The van der Waals surface area contributed by atoms with Gasteiger partial charge < -0.3 is 30.0 Å². The third-order valence-electron chi connectivity index (χ3n) is 6.46. The Bertz CT molecular complexity index is 1150. The SMILES string of the molecule is COc1ccc2c(c1)NC1(CCN(C(=O)c3ccc(N)c(OC)c3)CC1)c1cccn1-2. The first kappa shape index (κ1) is 19.4. The molecule has 1 saturated heterocycles. The number of nitrogens with two attached hydrogens (primary N) is 1. The largest absolute Gasteiger partial charge is 0.497 e. The smallest absolute Gasteiger partial charge is 0.253 e. The first-order valence-corrected chi connectivity index (χ1v) is 10.4. The van der Waals surface area contributed by atoms with Gasteiger partial charge in [0, 0.05) is 36.6 Å². The number of rotatable bonds is 3. The number of nitrogens with zero attached hydrogens (tertiary/aromatic N) is 2. The minimum Gasteiger partial charge on any atom is -0.497 e. The van der Waals surface area contributed by atoms with Gasteiger partial charge in [0.15, 0.2) is 0 Å². The summed E-state index contributed by atoms with van der Waals surface area (Å²) in [6.07, 6.45) is 3.72. The minimum absolute atomic E-state index is 0.00131. The van der Waals surface area contributed by atoms with Crippen LogP contribution in [0.15, 0.2) is 54.7 Å². The Morgan fingerprint density at radius 2 is 1.87 bits per heavy atom. The fourth-order valence-corrected chi connectivity index (χ4v) is 4.75. The van der Waals surface area contributed by atoms with Crippen LogP contribution in [0.1, 0.15) is 28.9 Å². The zero-order valence-electron chi connectivity index (χ0n) is 17.7. The Hall–Kier alpha value is -3.61. The number of nitrogens with one attached hydrogen (secondary N) is 1. The van der Waals surface area contributed by atoms with E-state index in [0.29, 0.717) is 30.1 Å². The van der Waals surface area contributed by atoms with Crippen molar-refractivity contribution >= 4 is 17.3 Å². The van der Waals surface area contributed by atoms with E-state index in [0.717, 1.165) is 30.0 Å². The minimum atomic E-state index is -0.224. The summed E-state index contributed by atoms with van der Waals surface area (Å²) in [4.78, 5) is 15.0. The van der Waals surface area contributed by atoms with Gasteiger partial charge in [0.1, 0.15) is 11.5 Å². The molecule has 3 aromatic rings. The number of carbonyl (C=O) groups is 1. The molecule has 7 heteroatoms. The molecule has 1 fully saturated rings. The van der Waals surface area contributed by atoms with E-state index in [1.54, 1.807) is 32.4 Å². The molecule has 3 heterocycles. The van der Waals surface area contributed by atoms with E-state index in [1.807, 2.05) is 17.0 Å². The number of nitrogen functional groups attached to an aromatic ring is 1. The van der Waals surface area contributed by atoms with Crippen LogP contribution < -0.4 is 20.5 Å². The van der Waals surface area contributed by atoms with Gasteiger partial charge >= 0.3 is 0 Å². The molecule has 3 N–H and O–H groups in total. The first-order chi connectivity index (χ1) is 15.0. The van der Waals surface area contributed by atoms with E-state index in [9.17, 15) is 4.79 Å². The molecule has 0 bridgehead atoms. The molecule has 2 aromatic carbocycles. The number of piperidine rings is 1. The van der Waals surface area contributed by atoms with Gasteiger partial charge in [0.05, 0.1) is 36.8 Å². The molecular weight excluding hydrogens is 392 g/mol. The lowest BCUT2D eigenvalue weighted by molar-refractivity contribution is 0.0676. The molecule has 7 nitrogen and oxygen atoms in total. The molecule has 0 aliphatic carbocycles. The molecule has 0 saturated carbocycles. The van der Waals surface area contributed by atoms with Crippen molar-refractivity contribution in [1.29, 1.82) is 0 Å². The summed E-state index contributed by atoms with van der Waals surface area (Å²) in [5.74, 6) is 1.35. The quantitative estimate of drug-likeness (QED) is 0.635. The number of benzene rings is 2. The van der Waals surface area contributed by atoms with Crippen molar-refractivity contribution in [1.82, 2.24) is 9.47 Å². The van der Waals surface area contributed by atoms with Gasteiger partial charge in [0.25, 0.3) is 5.91 Å². The number of likely N-dealkylation sites (tertiary alicyclic amines) is 1. The number of hydrogen-bond acceptors (Lipinski definition) is 5. The van der Waals surface area contributed by atoms with Crippen molar-refractivity contribution in [2.24, 2.45) is 0 Å². The lowest BCUT2D eigenvalue weighted by Crippen LogP contribution is -2.51. The summed E-state index contributed by atoms with van der Waals surface area (Å²) >= 11 is 0. The van der Waals surface area contributed by atoms with Crippen LogP contribution in [0.3, 0.4) is 0 Å². The van der Waals surface area contributed by atoms with Crippen LogP contribution in [-0.4, -0.2) is 42.7 Å².